The fraction of sp³-hybridized carbons (Fsp3) is 0.333. The molecule has 1 amide bonds. The minimum Gasteiger partial charge on any atom is -0.441 e. The molecule has 2 aliphatic rings. The predicted molar refractivity (Wildman–Crippen MR) is 115 cm³/mol. The Morgan fingerprint density at radius 2 is 1.85 bits per heavy atom. The fourth-order valence-corrected chi connectivity index (χ4v) is 4.93. The molecule has 1 aromatic carbocycles. The molecule has 1 unspecified atom stereocenters. The molecule has 0 spiro atoms. The number of amides is 1. The van der Waals surface area contributed by atoms with Crippen molar-refractivity contribution in [3.8, 4) is 0 Å². The van der Waals surface area contributed by atoms with Gasteiger partial charge in [0, 0.05) is 25.2 Å². The largest absolute Gasteiger partial charge is 0.441 e. The Morgan fingerprint density at radius 1 is 1.11 bits per heavy atom. The average molecular weight is 399 g/mol. The monoisotopic (exact) mass is 398 g/mol. The van der Waals surface area contributed by atoms with E-state index < -0.39 is 0 Å². The van der Waals surface area contributed by atoms with Crippen LogP contribution in [0, 0.1) is 0 Å². The Balaban J connectivity index is 1.52. The van der Waals surface area contributed by atoms with Crippen LogP contribution in [0.15, 0.2) is 51.8 Å². The van der Waals surface area contributed by atoms with Crippen LogP contribution < -0.4 is 4.90 Å². The lowest BCUT2D eigenvalue weighted by Gasteiger charge is -2.25. The van der Waals surface area contributed by atoms with Gasteiger partial charge in [-0.1, -0.05) is 54.3 Å². The zero-order chi connectivity index (χ0) is 18.8. The van der Waals surface area contributed by atoms with Gasteiger partial charge in [0.1, 0.15) is 10.1 Å². The van der Waals surface area contributed by atoms with Crippen molar-refractivity contribution in [2.75, 3.05) is 18.0 Å². The average Bonchev–Trinajstić information content (AvgIpc) is 3.27. The fourth-order valence-electron chi connectivity index (χ4n) is 3.53. The topological polar surface area (TPSA) is 36.7 Å². The number of benzene rings is 1. The summed E-state index contributed by atoms with van der Waals surface area (Å²) in [6.45, 7) is 4.07. The van der Waals surface area contributed by atoms with E-state index in [4.69, 9.17) is 16.6 Å². The van der Waals surface area contributed by atoms with Gasteiger partial charge < -0.3 is 9.32 Å². The molecular weight excluding hydrogens is 376 g/mol. The van der Waals surface area contributed by atoms with E-state index in [-0.39, 0.29) is 11.9 Å². The molecule has 0 aliphatic carbocycles. The maximum atomic E-state index is 12.9. The number of carbonyl (C=O) groups is 1. The number of thiocarbonyl (C=S) groups is 1. The molecule has 0 N–H and O–H groups in total. The number of nitrogens with zero attached hydrogens (tertiary/aromatic N) is 2. The van der Waals surface area contributed by atoms with E-state index in [0.29, 0.717) is 15.0 Å². The van der Waals surface area contributed by atoms with E-state index in [1.165, 1.54) is 31.0 Å². The van der Waals surface area contributed by atoms with Crippen LogP contribution in [0.5, 0.6) is 0 Å². The number of hydrogen-bond donors (Lipinski definition) is 0. The van der Waals surface area contributed by atoms with Crippen LogP contribution in [0.25, 0.3) is 6.08 Å². The molecule has 0 bridgehead atoms. The van der Waals surface area contributed by atoms with E-state index in [1.807, 2.05) is 55.5 Å². The Hall–Kier alpha value is -2.05. The maximum Gasteiger partial charge on any atom is 0.266 e. The number of piperidine rings is 1. The van der Waals surface area contributed by atoms with Crippen LogP contribution in [0.2, 0.25) is 0 Å². The van der Waals surface area contributed by atoms with Crippen LogP contribution >= 0.6 is 24.0 Å². The van der Waals surface area contributed by atoms with E-state index in [2.05, 4.69) is 4.90 Å². The molecule has 1 atom stereocenters. The van der Waals surface area contributed by atoms with E-state index in [0.717, 1.165) is 24.5 Å². The lowest BCUT2D eigenvalue weighted by molar-refractivity contribution is -0.123. The van der Waals surface area contributed by atoms with Gasteiger partial charge in [-0.2, -0.15) is 0 Å². The second-order valence-electron chi connectivity index (χ2n) is 6.86. The number of hydrogen-bond acceptors (Lipinski definition) is 5. The number of anilines is 1. The molecular formula is C21H22N2O2S2. The van der Waals surface area contributed by atoms with Crippen molar-refractivity contribution >= 4 is 46.2 Å². The molecule has 6 heteroatoms. The summed E-state index contributed by atoms with van der Waals surface area (Å²) in [6, 6.07) is 13.8. The lowest BCUT2D eigenvalue weighted by atomic mass is 10.1. The number of carbonyl (C=O) groups excluding carboxylic acids is 1. The van der Waals surface area contributed by atoms with Crippen molar-refractivity contribution in [2.24, 2.45) is 0 Å². The third-order valence-corrected chi connectivity index (χ3v) is 6.38. The van der Waals surface area contributed by atoms with Gasteiger partial charge >= 0.3 is 0 Å². The standard InChI is InChI=1S/C21H22N2O2S2/c1-15(16-8-4-2-5-9-16)23-20(24)18(27-21(23)26)14-17-10-11-19(25-17)22-12-6-3-7-13-22/h2,4-5,8-11,14-15H,3,6-7,12-13H2,1H3/b18-14-. The van der Waals surface area contributed by atoms with E-state index in [1.54, 1.807) is 4.90 Å². The van der Waals surface area contributed by atoms with Gasteiger partial charge in [0.2, 0.25) is 0 Å². The number of furan rings is 1. The van der Waals surface area contributed by atoms with Crippen LogP contribution in [0.4, 0.5) is 5.88 Å². The third-order valence-electron chi connectivity index (χ3n) is 5.05. The first-order chi connectivity index (χ1) is 13.1. The predicted octanol–water partition coefficient (Wildman–Crippen LogP) is 5.23. The second kappa shape index (κ2) is 7.90. The summed E-state index contributed by atoms with van der Waals surface area (Å²) in [4.78, 5) is 17.5. The number of thioether (sulfide) groups is 1. The van der Waals surface area contributed by atoms with Crippen molar-refractivity contribution in [1.82, 2.24) is 4.90 Å². The first kappa shape index (κ1) is 18.3. The number of rotatable bonds is 4. The highest BCUT2D eigenvalue weighted by molar-refractivity contribution is 8.26. The minimum absolute atomic E-state index is 0.0581. The quantitative estimate of drug-likeness (QED) is 0.520. The van der Waals surface area contributed by atoms with Crippen molar-refractivity contribution in [3.63, 3.8) is 0 Å². The Kier molecular flexibility index (Phi) is 5.36. The van der Waals surface area contributed by atoms with Gasteiger partial charge in [0.15, 0.2) is 5.88 Å². The van der Waals surface area contributed by atoms with Crippen LogP contribution in [-0.2, 0) is 4.79 Å². The van der Waals surface area contributed by atoms with E-state index >= 15 is 0 Å². The summed E-state index contributed by atoms with van der Waals surface area (Å²) in [5, 5.41) is 0. The van der Waals surface area contributed by atoms with Gasteiger partial charge in [0.05, 0.1) is 10.9 Å². The van der Waals surface area contributed by atoms with Gasteiger partial charge in [0.25, 0.3) is 5.91 Å². The lowest BCUT2D eigenvalue weighted by Crippen LogP contribution is -2.30. The Labute approximate surface area is 169 Å². The molecule has 1 aromatic heterocycles. The zero-order valence-corrected chi connectivity index (χ0v) is 16.9. The molecule has 2 aliphatic heterocycles. The highest BCUT2D eigenvalue weighted by Gasteiger charge is 2.36. The normalized spacial score (nSPS) is 20.6. The van der Waals surface area contributed by atoms with Crippen LogP contribution in [-0.4, -0.2) is 28.2 Å². The summed E-state index contributed by atoms with van der Waals surface area (Å²) in [5.74, 6) is 1.52. The molecule has 2 fully saturated rings. The Bertz CT molecular complexity index is 869. The summed E-state index contributed by atoms with van der Waals surface area (Å²) < 4.78 is 6.56. The molecule has 140 valence electrons. The smallest absolute Gasteiger partial charge is 0.266 e. The van der Waals surface area contributed by atoms with Gasteiger partial charge in [-0.15, -0.1) is 0 Å². The van der Waals surface area contributed by atoms with Crippen molar-refractivity contribution < 1.29 is 9.21 Å². The van der Waals surface area contributed by atoms with Gasteiger partial charge in [-0.3, -0.25) is 9.69 Å². The molecule has 3 heterocycles. The first-order valence-corrected chi connectivity index (χ1v) is 10.5. The minimum atomic E-state index is -0.0925. The van der Waals surface area contributed by atoms with Crippen LogP contribution in [0.1, 0.15) is 43.6 Å². The van der Waals surface area contributed by atoms with Gasteiger partial charge in [-0.05, 0) is 37.8 Å². The Morgan fingerprint density at radius 3 is 2.59 bits per heavy atom. The van der Waals surface area contributed by atoms with Gasteiger partial charge in [-0.25, -0.2) is 0 Å². The third kappa shape index (κ3) is 3.82. The van der Waals surface area contributed by atoms with E-state index in [9.17, 15) is 4.79 Å². The first-order valence-electron chi connectivity index (χ1n) is 9.30. The highest BCUT2D eigenvalue weighted by Crippen LogP contribution is 2.38. The molecule has 2 aromatic rings. The molecule has 4 rings (SSSR count). The SMILES string of the molecule is CC(c1ccccc1)N1C(=O)/C(=C/c2ccc(N3CCCCC3)o2)SC1=S. The molecule has 2 saturated heterocycles. The maximum absolute atomic E-state index is 12.9. The molecule has 0 saturated carbocycles. The summed E-state index contributed by atoms with van der Waals surface area (Å²) in [5.41, 5.74) is 1.07. The van der Waals surface area contributed by atoms with Crippen molar-refractivity contribution in [2.45, 2.75) is 32.2 Å². The zero-order valence-electron chi connectivity index (χ0n) is 15.3. The molecule has 4 nitrogen and oxygen atoms in total. The summed E-state index contributed by atoms with van der Waals surface area (Å²) in [6.07, 6.45) is 5.49. The summed E-state index contributed by atoms with van der Waals surface area (Å²) >= 11 is 6.82. The highest BCUT2D eigenvalue weighted by atomic mass is 32.2. The van der Waals surface area contributed by atoms with Crippen LogP contribution in [0.3, 0.4) is 0 Å². The molecule has 27 heavy (non-hydrogen) atoms. The van der Waals surface area contributed by atoms with Crippen molar-refractivity contribution in [3.05, 3.63) is 58.7 Å². The van der Waals surface area contributed by atoms with Crippen molar-refractivity contribution in [1.29, 1.82) is 0 Å². The second-order valence-corrected chi connectivity index (χ2v) is 8.54. The summed E-state index contributed by atoms with van der Waals surface area (Å²) in [7, 11) is 0. The molecule has 0 radical (unpaired) electrons.